The van der Waals surface area contributed by atoms with Gasteiger partial charge in [-0.05, 0) is 26.7 Å². The molecule has 0 rings (SSSR count). The van der Waals surface area contributed by atoms with Crippen LogP contribution >= 0.6 is 0 Å². The minimum absolute atomic E-state index is 0.125. The van der Waals surface area contributed by atoms with Gasteiger partial charge < -0.3 is 14.9 Å². The van der Waals surface area contributed by atoms with Gasteiger partial charge in [-0.25, -0.2) is 0 Å². The first kappa shape index (κ1) is 30.3. The Morgan fingerprint density at radius 3 is 1.22 bits per heavy atom. The number of aliphatic hydroxyl groups excluding tert-OH is 2. The highest BCUT2D eigenvalue weighted by molar-refractivity contribution is 4.52. The summed E-state index contributed by atoms with van der Waals surface area (Å²) in [7, 11) is 0. The van der Waals surface area contributed by atoms with Gasteiger partial charge in [-0.15, -0.1) is 13.2 Å². The molecule has 0 heterocycles. The van der Waals surface area contributed by atoms with Gasteiger partial charge in [0, 0.05) is 13.2 Å². The molecule has 0 unspecified atom stereocenters. The molecule has 2 N–H and O–H groups in total. The Morgan fingerprint density at radius 1 is 0.696 bits per heavy atom. The van der Waals surface area contributed by atoms with E-state index in [4.69, 9.17) is 14.9 Å². The second-order valence-corrected chi connectivity index (χ2v) is 5.00. The average molecular weight is 333 g/mol. The SMILES string of the molecule is C=CC.C=CC.CCCCCCOCCCCCC.OCCO. The van der Waals surface area contributed by atoms with Crippen molar-refractivity contribution in [2.45, 2.75) is 79.1 Å². The lowest BCUT2D eigenvalue weighted by molar-refractivity contribution is 0.126. The van der Waals surface area contributed by atoms with Crippen molar-refractivity contribution in [1.29, 1.82) is 0 Å². The first-order chi connectivity index (χ1) is 11.2. The zero-order valence-electron chi connectivity index (χ0n) is 16.4. The van der Waals surface area contributed by atoms with Crippen molar-refractivity contribution in [3.8, 4) is 0 Å². The van der Waals surface area contributed by atoms with Gasteiger partial charge in [0.25, 0.3) is 0 Å². The van der Waals surface area contributed by atoms with Crippen molar-refractivity contribution < 1.29 is 14.9 Å². The third-order valence-electron chi connectivity index (χ3n) is 2.38. The summed E-state index contributed by atoms with van der Waals surface area (Å²) in [4.78, 5) is 0. The Morgan fingerprint density at radius 2 is 1.00 bits per heavy atom. The van der Waals surface area contributed by atoms with Crippen LogP contribution in [0.1, 0.15) is 79.1 Å². The summed E-state index contributed by atoms with van der Waals surface area (Å²) in [5.74, 6) is 0. The largest absolute Gasteiger partial charge is 0.394 e. The predicted molar refractivity (Wildman–Crippen MR) is 105 cm³/mol. The highest BCUT2D eigenvalue weighted by Crippen LogP contribution is 2.01. The van der Waals surface area contributed by atoms with Crippen molar-refractivity contribution in [3.05, 3.63) is 25.3 Å². The molecule has 3 nitrogen and oxygen atoms in total. The molecule has 0 aliphatic carbocycles. The number of unbranched alkanes of at least 4 members (excludes halogenated alkanes) is 6. The van der Waals surface area contributed by atoms with Crippen molar-refractivity contribution >= 4 is 0 Å². The first-order valence-electron chi connectivity index (χ1n) is 9.10. The van der Waals surface area contributed by atoms with Crippen LogP contribution in [0, 0.1) is 0 Å². The third kappa shape index (κ3) is 74.6. The molecular weight excluding hydrogens is 288 g/mol. The van der Waals surface area contributed by atoms with E-state index in [-0.39, 0.29) is 13.2 Å². The number of hydrogen-bond donors (Lipinski definition) is 2. The molecular formula is C20H44O3. The monoisotopic (exact) mass is 332 g/mol. The fourth-order valence-electron chi connectivity index (χ4n) is 1.36. The number of allylic oxidation sites excluding steroid dienone is 2. The lowest BCUT2D eigenvalue weighted by atomic mass is 10.2. The van der Waals surface area contributed by atoms with E-state index in [1.807, 2.05) is 13.8 Å². The summed E-state index contributed by atoms with van der Waals surface area (Å²) in [5.41, 5.74) is 0. The lowest BCUT2D eigenvalue weighted by Crippen LogP contribution is -1.96. The van der Waals surface area contributed by atoms with Gasteiger partial charge >= 0.3 is 0 Å². The topological polar surface area (TPSA) is 49.7 Å². The Kier molecular flexibility index (Phi) is 56.5. The van der Waals surface area contributed by atoms with Crippen LogP contribution in [-0.4, -0.2) is 36.6 Å². The van der Waals surface area contributed by atoms with Gasteiger partial charge in [0.05, 0.1) is 13.2 Å². The molecule has 142 valence electrons. The van der Waals surface area contributed by atoms with E-state index in [1.54, 1.807) is 12.2 Å². The van der Waals surface area contributed by atoms with Gasteiger partial charge in [-0.2, -0.15) is 0 Å². The molecule has 0 aromatic heterocycles. The van der Waals surface area contributed by atoms with Crippen LogP contribution in [0.4, 0.5) is 0 Å². The zero-order chi connectivity index (χ0) is 18.6. The fourth-order valence-corrected chi connectivity index (χ4v) is 1.36. The highest BCUT2D eigenvalue weighted by Gasteiger charge is 1.90. The van der Waals surface area contributed by atoms with Gasteiger partial charge in [0.15, 0.2) is 0 Å². The predicted octanol–water partition coefficient (Wildman–Crippen LogP) is 5.52. The van der Waals surface area contributed by atoms with E-state index in [0.29, 0.717) is 0 Å². The molecule has 0 fully saturated rings. The summed E-state index contributed by atoms with van der Waals surface area (Å²) in [5, 5.41) is 15.2. The zero-order valence-corrected chi connectivity index (χ0v) is 16.4. The van der Waals surface area contributed by atoms with Crippen LogP contribution in [0.3, 0.4) is 0 Å². The van der Waals surface area contributed by atoms with Crippen LogP contribution in [0.2, 0.25) is 0 Å². The maximum Gasteiger partial charge on any atom is 0.0662 e. The molecule has 0 bridgehead atoms. The standard InChI is InChI=1S/C12H26O.2C3H6.C2H6O2/c1-3-5-7-9-11-13-12-10-8-6-4-2;2*1-3-2;3-1-2-4/h3-12H2,1-2H3;2*3H,1H2,2H3;3-4H,1-2H2. The normalized spacial score (nSPS) is 8.43. The number of ether oxygens (including phenoxy) is 1. The Labute approximate surface area is 146 Å². The van der Waals surface area contributed by atoms with E-state index in [1.165, 1.54) is 51.4 Å². The molecule has 0 spiro atoms. The van der Waals surface area contributed by atoms with E-state index < -0.39 is 0 Å². The van der Waals surface area contributed by atoms with Crippen molar-refractivity contribution in [2.75, 3.05) is 26.4 Å². The highest BCUT2D eigenvalue weighted by atomic mass is 16.5. The number of aliphatic hydroxyl groups is 2. The molecule has 23 heavy (non-hydrogen) atoms. The minimum Gasteiger partial charge on any atom is -0.394 e. The van der Waals surface area contributed by atoms with Crippen LogP contribution in [0.5, 0.6) is 0 Å². The second kappa shape index (κ2) is 42.9. The van der Waals surface area contributed by atoms with Gasteiger partial charge in [-0.1, -0.05) is 64.5 Å². The van der Waals surface area contributed by atoms with Crippen molar-refractivity contribution in [3.63, 3.8) is 0 Å². The molecule has 0 radical (unpaired) electrons. The molecule has 0 aliphatic rings. The maximum atomic E-state index is 7.62. The van der Waals surface area contributed by atoms with Crippen LogP contribution in [-0.2, 0) is 4.74 Å². The van der Waals surface area contributed by atoms with E-state index in [0.717, 1.165) is 13.2 Å². The molecule has 0 amide bonds. The summed E-state index contributed by atoms with van der Waals surface area (Å²) in [6.07, 6.45) is 14.0. The Hall–Kier alpha value is -0.640. The Bertz CT molecular complexity index is 152. The number of hydrogen-bond acceptors (Lipinski definition) is 3. The average Bonchev–Trinajstić information content (AvgIpc) is 2.55. The number of rotatable bonds is 11. The summed E-state index contributed by atoms with van der Waals surface area (Å²) in [6.45, 7) is 16.7. The first-order valence-corrected chi connectivity index (χ1v) is 9.10. The van der Waals surface area contributed by atoms with E-state index in [2.05, 4.69) is 27.0 Å². The maximum absolute atomic E-state index is 7.62. The van der Waals surface area contributed by atoms with Gasteiger partial charge in [0.2, 0.25) is 0 Å². The molecule has 0 saturated heterocycles. The van der Waals surface area contributed by atoms with Crippen molar-refractivity contribution in [2.24, 2.45) is 0 Å². The fraction of sp³-hybridized carbons (Fsp3) is 0.800. The summed E-state index contributed by atoms with van der Waals surface area (Å²) in [6, 6.07) is 0. The van der Waals surface area contributed by atoms with E-state index in [9.17, 15) is 0 Å². The van der Waals surface area contributed by atoms with Crippen LogP contribution < -0.4 is 0 Å². The molecule has 0 aromatic carbocycles. The van der Waals surface area contributed by atoms with Crippen LogP contribution in [0.25, 0.3) is 0 Å². The third-order valence-corrected chi connectivity index (χ3v) is 2.38. The van der Waals surface area contributed by atoms with Gasteiger partial charge in [-0.3, -0.25) is 0 Å². The molecule has 0 atom stereocenters. The molecule has 3 heteroatoms. The second-order valence-electron chi connectivity index (χ2n) is 5.00. The Balaban J connectivity index is -0.000000148. The van der Waals surface area contributed by atoms with E-state index >= 15 is 0 Å². The summed E-state index contributed by atoms with van der Waals surface area (Å²) < 4.78 is 5.53. The molecule has 0 aliphatic heterocycles. The quantitative estimate of drug-likeness (QED) is 0.387. The summed E-state index contributed by atoms with van der Waals surface area (Å²) >= 11 is 0. The van der Waals surface area contributed by atoms with Crippen LogP contribution in [0.15, 0.2) is 25.3 Å². The molecule has 0 aromatic rings. The minimum atomic E-state index is -0.125. The van der Waals surface area contributed by atoms with Crippen molar-refractivity contribution in [1.82, 2.24) is 0 Å². The smallest absolute Gasteiger partial charge is 0.0662 e. The molecule has 0 saturated carbocycles. The lowest BCUT2D eigenvalue weighted by Gasteiger charge is -2.03. The van der Waals surface area contributed by atoms with Gasteiger partial charge in [0.1, 0.15) is 0 Å².